The predicted octanol–water partition coefficient (Wildman–Crippen LogP) is 2.84. The van der Waals surface area contributed by atoms with Gasteiger partial charge in [0.1, 0.15) is 16.5 Å². The van der Waals surface area contributed by atoms with Gasteiger partial charge in [0.15, 0.2) is 0 Å². The standard InChI is InChI=1S/C20H24N4O4S/c1-20(2)4-3-12-14(9-20)29-18(16(12)19(26)27)23-17(25)13-10-22-15(11-21-13)24-5-7-28-8-6-24/h10-11H,3-9H2,1-2H3,(H,23,25)(H,26,27). The van der Waals surface area contributed by atoms with Gasteiger partial charge < -0.3 is 20.1 Å². The van der Waals surface area contributed by atoms with E-state index in [1.54, 1.807) is 6.20 Å². The highest BCUT2D eigenvalue weighted by atomic mass is 32.1. The van der Waals surface area contributed by atoms with E-state index in [0.29, 0.717) is 30.5 Å². The predicted molar refractivity (Wildman–Crippen MR) is 110 cm³/mol. The van der Waals surface area contributed by atoms with Gasteiger partial charge in [0.25, 0.3) is 5.91 Å². The van der Waals surface area contributed by atoms with Crippen molar-refractivity contribution in [2.75, 3.05) is 36.5 Å². The normalized spacial score (nSPS) is 18.2. The number of nitrogens with zero attached hydrogens (tertiary/aromatic N) is 3. The van der Waals surface area contributed by atoms with Crippen LogP contribution < -0.4 is 10.2 Å². The molecule has 1 fully saturated rings. The number of rotatable bonds is 4. The van der Waals surface area contributed by atoms with Crippen molar-refractivity contribution in [2.24, 2.45) is 5.41 Å². The Morgan fingerprint density at radius 3 is 2.66 bits per heavy atom. The van der Waals surface area contributed by atoms with Crippen LogP contribution in [0.15, 0.2) is 12.4 Å². The zero-order chi connectivity index (χ0) is 20.6. The summed E-state index contributed by atoms with van der Waals surface area (Å²) in [5, 5.41) is 12.8. The lowest BCUT2D eigenvalue weighted by Gasteiger charge is -2.29. The summed E-state index contributed by atoms with van der Waals surface area (Å²) in [6.45, 7) is 7.11. The van der Waals surface area contributed by atoms with Crippen molar-refractivity contribution in [1.29, 1.82) is 0 Å². The summed E-state index contributed by atoms with van der Waals surface area (Å²) in [6.07, 6.45) is 5.46. The maximum Gasteiger partial charge on any atom is 0.339 e. The van der Waals surface area contributed by atoms with E-state index >= 15 is 0 Å². The Morgan fingerprint density at radius 1 is 1.24 bits per heavy atom. The van der Waals surface area contributed by atoms with E-state index in [1.165, 1.54) is 17.5 Å². The molecule has 1 saturated heterocycles. The molecular formula is C20H24N4O4S. The molecule has 2 aliphatic rings. The number of thiophene rings is 1. The number of amides is 1. The molecule has 2 N–H and O–H groups in total. The van der Waals surface area contributed by atoms with Crippen LogP contribution in [0, 0.1) is 5.41 Å². The number of anilines is 2. The van der Waals surface area contributed by atoms with Crippen molar-refractivity contribution in [2.45, 2.75) is 33.1 Å². The highest BCUT2D eigenvalue weighted by Crippen LogP contribution is 2.43. The lowest BCUT2D eigenvalue weighted by atomic mass is 9.77. The molecule has 2 aromatic heterocycles. The number of fused-ring (bicyclic) bond motifs is 1. The van der Waals surface area contributed by atoms with Crippen molar-refractivity contribution < 1.29 is 19.4 Å². The second-order valence-electron chi connectivity index (χ2n) is 8.17. The van der Waals surface area contributed by atoms with E-state index in [-0.39, 0.29) is 16.7 Å². The molecular weight excluding hydrogens is 392 g/mol. The molecule has 29 heavy (non-hydrogen) atoms. The molecule has 0 bridgehead atoms. The van der Waals surface area contributed by atoms with Crippen molar-refractivity contribution in [1.82, 2.24) is 9.97 Å². The van der Waals surface area contributed by atoms with Crippen molar-refractivity contribution in [3.63, 3.8) is 0 Å². The fourth-order valence-electron chi connectivity index (χ4n) is 3.78. The summed E-state index contributed by atoms with van der Waals surface area (Å²) in [7, 11) is 0. The van der Waals surface area contributed by atoms with E-state index in [9.17, 15) is 14.7 Å². The maximum atomic E-state index is 12.7. The first kappa shape index (κ1) is 19.8. The summed E-state index contributed by atoms with van der Waals surface area (Å²) in [6, 6.07) is 0. The molecule has 9 heteroatoms. The molecule has 0 aromatic carbocycles. The molecule has 154 valence electrons. The number of morpholine rings is 1. The number of ether oxygens (including phenoxy) is 1. The Morgan fingerprint density at radius 2 is 2.00 bits per heavy atom. The van der Waals surface area contributed by atoms with Gasteiger partial charge in [0, 0.05) is 18.0 Å². The summed E-state index contributed by atoms with van der Waals surface area (Å²) in [4.78, 5) is 36.2. The Hall–Kier alpha value is -2.52. The molecule has 8 nitrogen and oxygen atoms in total. The van der Waals surface area contributed by atoms with Crippen LogP contribution in [0.3, 0.4) is 0 Å². The SMILES string of the molecule is CC1(C)CCc2c(sc(NC(=O)c3cnc(N4CCOCC4)cn3)c2C(=O)O)C1. The van der Waals surface area contributed by atoms with Crippen LogP contribution >= 0.6 is 11.3 Å². The van der Waals surface area contributed by atoms with Gasteiger partial charge in [-0.05, 0) is 30.2 Å². The fourth-order valence-corrected chi connectivity index (χ4v) is 5.27. The van der Waals surface area contributed by atoms with E-state index in [1.807, 2.05) is 0 Å². The van der Waals surface area contributed by atoms with Crippen LogP contribution in [-0.4, -0.2) is 53.3 Å². The fraction of sp³-hybridized carbons (Fsp3) is 0.500. The van der Waals surface area contributed by atoms with E-state index in [2.05, 4.69) is 34.0 Å². The number of nitrogens with one attached hydrogen (secondary N) is 1. The summed E-state index contributed by atoms with van der Waals surface area (Å²) >= 11 is 1.36. The summed E-state index contributed by atoms with van der Waals surface area (Å²) in [5.74, 6) is -0.762. The molecule has 1 amide bonds. The van der Waals surface area contributed by atoms with Crippen molar-refractivity contribution in [3.8, 4) is 0 Å². The molecule has 0 saturated carbocycles. The number of carboxylic acid groups (broad SMARTS) is 1. The quantitative estimate of drug-likeness (QED) is 0.790. The zero-order valence-corrected chi connectivity index (χ0v) is 17.3. The molecule has 0 radical (unpaired) electrons. The number of carboxylic acids is 1. The zero-order valence-electron chi connectivity index (χ0n) is 16.5. The van der Waals surface area contributed by atoms with Gasteiger partial charge in [-0.3, -0.25) is 4.79 Å². The Bertz CT molecular complexity index is 933. The smallest absolute Gasteiger partial charge is 0.339 e. The average Bonchev–Trinajstić information content (AvgIpc) is 3.04. The third kappa shape index (κ3) is 4.11. The number of aromatic nitrogens is 2. The highest BCUT2D eigenvalue weighted by molar-refractivity contribution is 7.17. The molecule has 1 aliphatic carbocycles. The molecule has 2 aromatic rings. The molecule has 0 spiro atoms. The average molecular weight is 417 g/mol. The molecule has 1 aliphatic heterocycles. The minimum atomic E-state index is -1.01. The van der Waals surface area contributed by atoms with Crippen LogP contribution in [0.1, 0.15) is 51.6 Å². The van der Waals surface area contributed by atoms with E-state index in [0.717, 1.165) is 36.4 Å². The topological polar surface area (TPSA) is 105 Å². The Balaban J connectivity index is 1.54. The number of hydrogen-bond acceptors (Lipinski definition) is 7. The second kappa shape index (κ2) is 7.72. The summed E-state index contributed by atoms with van der Waals surface area (Å²) in [5.41, 5.74) is 1.36. The first-order chi connectivity index (χ1) is 13.8. The van der Waals surface area contributed by atoms with Crippen LogP contribution in [0.2, 0.25) is 0 Å². The third-order valence-electron chi connectivity index (χ3n) is 5.43. The van der Waals surface area contributed by atoms with Crippen molar-refractivity contribution >= 4 is 34.0 Å². The molecule has 3 heterocycles. The van der Waals surface area contributed by atoms with Crippen LogP contribution in [-0.2, 0) is 17.6 Å². The van der Waals surface area contributed by atoms with Crippen molar-refractivity contribution in [3.05, 3.63) is 34.1 Å². The lowest BCUT2D eigenvalue weighted by Crippen LogP contribution is -2.36. The van der Waals surface area contributed by atoms with Gasteiger partial charge >= 0.3 is 5.97 Å². The van der Waals surface area contributed by atoms with E-state index < -0.39 is 11.9 Å². The van der Waals surface area contributed by atoms with Crippen LogP contribution in [0.25, 0.3) is 0 Å². The monoisotopic (exact) mass is 416 g/mol. The van der Waals surface area contributed by atoms with Gasteiger partial charge in [-0.15, -0.1) is 11.3 Å². The molecule has 0 unspecified atom stereocenters. The van der Waals surface area contributed by atoms with Gasteiger partial charge in [-0.25, -0.2) is 14.8 Å². The Labute approximate surface area is 172 Å². The molecule has 0 atom stereocenters. The summed E-state index contributed by atoms with van der Waals surface area (Å²) < 4.78 is 5.33. The minimum absolute atomic E-state index is 0.135. The Kier molecular flexibility index (Phi) is 5.26. The van der Waals surface area contributed by atoms with Gasteiger partial charge in [0.05, 0.1) is 31.2 Å². The third-order valence-corrected chi connectivity index (χ3v) is 6.58. The first-order valence-corrected chi connectivity index (χ1v) is 10.5. The van der Waals surface area contributed by atoms with Gasteiger partial charge in [0.2, 0.25) is 0 Å². The number of carbonyl (C=O) groups is 2. The lowest BCUT2D eigenvalue weighted by molar-refractivity contribution is 0.0696. The number of carbonyl (C=O) groups excluding carboxylic acids is 1. The highest BCUT2D eigenvalue weighted by Gasteiger charge is 2.33. The maximum absolute atomic E-state index is 12.7. The second-order valence-corrected chi connectivity index (χ2v) is 9.27. The van der Waals surface area contributed by atoms with Crippen LogP contribution in [0.5, 0.6) is 0 Å². The number of aromatic carboxylic acids is 1. The van der Waals surface area contributed by atoms with Gasteiger partial charge in [-0.1, -0.05) is 13.8 Å². The van der Waals surface area contributed by atoms with Gasteiger partial charge in [-0.2, -0.15) is 0 Å². The van der Waals surface area contributed by atoms with E-state index in [4.69, 9.17) is 4.74 Å². The number of hydrogen-bond donors (Lipinski definition) is 2. The minimum Gasteiger partial charge on any atom is -0.478 e. The largest absolute Gasteiger partial charge is 0.478 e. The van der Waals surface area contributed by atoms with Crippen LogP contribution in [0.4, 0.5) is 10.8 Å². The first-order valence-electron chi connectivity index (χ1n) is 9.68. The molecule has 4 rings (SSSR count).